The number of rotatable bonds is 12. The number of benzene rings is 1. The Hall–Kier alpha value is -1.97. The molecule has 0 aliphatic carbocycles. The van der Waals surface area contributed by atoms with Gasteiger partial charge in [0.1, 0.15) is 11.5 Å². The maximum absolute atomic E-state index is 12.1. The molecule has 0 amide bonds. The third kappa shape index (κ3) is 8.10. The smallest absolute Gasteiger partial charge is 0.342 e. The summed E-state index contributed by atoms with van der Waals surface area (Å²) in [5.74, 6) is 0.155. The lowest BCUT2D eigenvalue weighted by Gasteiger charge is -2.12. The van der Waals surface area contributed by atoms with E-state index in [4.69, 9.17) is 9.47 Å². The van der Waals surface area contributed by atoms with Gasteiger partial charge >= 0.3 is 5.97 Å². The van der Waals surface area contributed by atoms with E-state index < -0.39 is 5.97 Å². The van der Waals surface area contributed by atoms with Gasteiger partial charge in [0.2, 0.25) is 0 Å². The fraction of sp³-hybridized carbons (Fsp3) is 0.571. The topological polar surface area (TPSA) is 55.8 Å². The first-order valence-electron chi connectivity index (χ1n) is 9.41. The molecule has 4 heteroatoms. The molecular weight excluding hydrogens is 316 g/mol. The minimum Gasteiger partial charge on any atom is -0.508 e. The van der Waals surface area contributed by atoms with Gasteiger partial charge < -0.3 is 14.6 Å². The summed E-state index contributed by atoms with van der Waals surface area (Å²) in [6, 6.07) is 5.05. The van der Waals surface area contributed by atoms with E-state index in [2.05, 4.69) is 6.92 Å². The predicted molar refractivity (Wildman–Crippen MR) is 101 cm³/mol. The van der Waals surface area contributed by atoms with E-state index in [0.717, 1.165) is 12.8 Å². The number of carbonyl (C=O) groups is 1. The number of phenols is 1. The Morgan fingerprint density at radius 3 is 2.44 bits per heavy atom. The lowest BCUT2D eigenvalue weighted by Crippen LogP contribution is -2.11. The van der Waals surface area contributed by atoms with Crippen LogP contribution in [0.1, 0.15) is 71.3 Å². The van der Waals surface area contributed by atoms with Crippen LogP contribution in [0.15, 0.2) is 30.0 Å². The van der Waals surface area contributed by atoms with E-state index >= 15 is 0 Å². The number of hydrogen-bond acceptors (Lipinski definition) is 4. The Balaban J connectivity index is 2.58. The molecule has 0 radical (unpaired) electrons. The average Bonchev–Trinajstić information content (AvgIpc) is 2.60. The second kappa shape index (κ2) is 12.4. The van der Waals surface area contributed by atoms with E-state index in [-0.39, 0.29) is 5.75 Å². The highest BCUT2D eigenvalue weighted by Crippen LogP contribution is 2.30. The van der Waals surface area contributed by atoms with Crippen molar-refractivity contribution >= 4 is 5.97 Å². The third-order valence-corrected chi connectivity index (χ3v) is 4.09. The summed E-state index contributed by atoms with van der Waals surface area (Å²) >= 11 is 0. The SMILES string of the molecule is CCCCCCCCCc1c(O)cccc1OC(=O)/C(C)=C/OCC. The summed E-state index contributed by atoms with van der Waals surface area (Å²) in [7, 11) is 0. The zero-order valence-corrected chi connectivity index (χ0v) is 15.8. The van der Waals surface area contributed by atoms with Crippen molar-refractivity contribution in [3.05, 3.63) is 35.6 Å². The lowest BCUT2D eigenvalue weighted by molar-refractivity contribution is -0.130. The highest BCUT2D eigenvalue weighted by Gasteiger charge is 2.14. The molecule has 0 spiro atoms. The summed E-state index contributed by atoms with van der Waals surface area (Å²) in [5.41, 5.74) is 1.10. The van der Waals surface area contributed by atoms with Gasteiger partial charge in [-0.3, -0.25) is 0 Å². The maximum Gasteiger partial charge on any atom is 0.342 e. The molecule has 0 fully saturated rings. The van der Waals surface area contributed by atoms with Crippen molar-refractivity contribution in [3.8, 4) is 11.5 Å². The molecule has 25 heavy (non-hydrogen) atoms. The third-order valence-electron chi connectivity index (χ3n) is 4.09. The fourth-order valence-electron chi connectivity index (χ4n) is 2.60. The molecule has 0 bridgehead atoms. The van der Waals surface area contributed by atoms with Crippen LogP contribution in [-0.4, -0.2) is 17.7 Å². The first-order valence-corrected chi connectivity index (χ1v) is 9.41. The van der Waals surface area contributed by atoms with Crippen LogP contribution in [0.25, 0.3) is 0 Å². The van der Waals surface area contributed by atoms with Crippen LogP contribution in [-0.2, 0) is 16.0 Å². The maximum atomic E-state index is 12.1. The molecular formula is C21H32O4. The largest absolute Gasteiger partial charge is 0.508 e. The minimum atomic E-state index is -0.458. The van der Waals surface area contributed by atoms with Crippen LogP contribution >= 0.6 is 0 Å². The molecule has 1 aromatic carbocycles. The fourth-order valence-corrected chi connectivity index (χ4v) is 2.60. The molecule has 0 atom stereocenters. The van der Waals surface area contributed by atoms with Crippen molar-refractivity contribution in [1.29, 1.82) is 0 Å². The molecule has 140 valence electrons. The molecule has 0 unspecified atom stereocenters. The lowest BCUT2D eigenvalue weighted by atomic mass is 10.0. The number of hydrogen-bond donors (Lipinski definition) is 1. The Morgan fingerprint density at radius 2 is 1.76 bits per heavy atom. The normalized spacial score (nSPS) is 11.4. The zero-order valence-electron chi connectivity index (χ0n) is 15.8. The van der Waals surface area contributed by atoms with Gasteiger partial charge in [-0.05, 0) is 38.8 Å². The van der Waals surface area contributed by atoms with E-state index in [1.54, 1.807) is 25.1 Å². The minimum absolute atomic E-state index is 0.183. The molecule has 0 heterocycles. The van der Waals surface area contributed by atoms with Crippen LogP contribution < -0.4 is 4.74 Å². The second-order valence-corrected chi connectivity index (χ2v) is 6.27. The molecule has 0 aliphatic heterocycles. The average molecular weight is 348 g/mol. The Kier molecular flexibility index (Phi) is 10.5. The van der Waals surface area contributed by atoms with Crippen molar-refractivity contribution in [1.82, 2.24) is 0 Å². The van der Waals surface area contributed by atoms with Gasteiger partial charge in [-0.15, -0.1) is 0 Å². The molecule has 4 nitrogen and oxygen atoms in total. The molecule has 0 saturated heterocycles. The number of ether oxygens (including phenoxy) is 2. The molecule has 1 aromatic rings. The van der Waals surface area contributed by atoms with E-state index in [1.165, 1.54) is 38.4 Å². The Bertz CT molecular complexity index is 549. The van der Waals surface area contributed by atoms with E-state index in [1.807, 2.05) is 6.92 Å². The van der Waals surface area contributed by atoms with Gasteiger partial charge in [0.15, 0.2) is 0 Å². The van der Waals surface area contributed by atoms with Crippen LogP contribution in [0.2, 0.25) is 0 Å². The second-order valence-electron chi connectivity index (χ2n) is 6.27. The quantitative estimate of drug-likeness (QED) is 0.177. The Labute approximate surface area is 151 Å². The number of esters is 1. The number of aromatic hydroxyl groups is 1. The number of phenolic OH excluding ortho intramolecular Hbond substituents is 1. The summed E-state index contributed by atoms with van der Waals surface area (Å²) in [6.45, 7) is 6.22. The standard InChI is InChI=1S/C21H32O4/c1-4-6-7-8-9-10-11-13-18-19(22)14-12-15-20(18)25-21(23)17(3)16-24-5-2/h12,14-16,22H,4-11,13H2,1-3H3/b17-16+. The monoisotopic (exact) mass is 348 g/mol. The van der Waals surface area contributed by atoms with Crippen LogP contribution in [0.3, 0.4) is 0 Å². The van der Waals surface area contributed by atoms with Crippen molar-refractivity contribution in [3.63, 3.8) is 0 Å². The number of unbranched alkanes of at least 4 members (excludes halogenated alkanes) is 6. The summed E-state index contributed by atoms with van der Waals surface area (Å²) in [5, 5.41) is 10.1. The summed E-state index contributed by atoms with van der Waals surface area (Å²) in [4.78, 5) is 12.1. The van der Waals surface area contributed by atoms with Crippen molar-refractivity contribution < 1.29 is 19.4 Å². The molecule has 1 N–H and O–H groups in total. The van der Waals surface area contributed by atoms with Gasteiger partial charge in [0.05, 0.1) is 18.4 Å². The first-order chi connectivity index (χ1) is 12.1. The van der Waals surface area contributed by atoms with Crippen LogP contribution in [0.5, 0.6) is 11.5 Å². The van der Waals surface area contributed by atoms with Crippen LogP contribution in [0.4, 0.5) is 0 Å². The van der Waals surface area contributed by atoms with Crippen molar-refractivity contribution in [2.45, 2.75) is 72.1 Å². The molecule has 0 aromatic heterocycles. The van der Waals surface area contributed by atoms with Gasteiger partial charge in [0, 0.05) is 5.56 Å². The van der Waals surface area contributed by atoms with Crippen molar-refractivity contribution in [2.75, 3.05) is 6.61 Å². The first kappa shape index (κ1) is 21.1. The highest BCUT2D eigenvalue weighted by atomic mass is 16.5. The van der Waals surface area contributed by atoms with Gasteiger partial charge in [0.25, 0.3) is 0 Å². The molecule has 1 rings (SSSR count). The summed E-state index contributed by atoms with van der Waals surface area (Å²) in [6.07, 6.45) is 10.5. The number of carbonyl (C=O) groups excluding carboxylic acids is 1. The van der Waals surface area contributed by atoms with E-state index in [9.17, 15) is 9.90 Å². The summed E-state index contributed by atoms with van der Waals surface area (Å²) < 4.78 is 10.6. The Morgan fingerprint density at radius 1 is 1.08 bits per heavy atom. The predicted octanol–water partition coefficient (Wildman–Crippen LogP) is 5.53. The van der Waals surface area contributed by atoms with Gasteiger partial charge in [-0.2, -0.15) is 0 Å². The molecule has 0 aliphatic rings. The highest BCUT2D eigenvalue weighted by molar-refractivity contribution is 5.89. The van der Waals surface area contributed by atoms with E-state index in [0.29, 0.717) is 29.9 Å². The van der Waals surface area contributed by atoms with Crippen LogP contribution in [0, 0.1) is 0 Å². The van der Waals surface area contributed by atoms with Gasteiger partial charge in [-0.1, -0.05) is 51.5 Å². The zero-order chi connectivity index (χ0) is 18.5. The van der Waals surface area contributed by atoms with Gasteiger partial charge in [-0.25, -0.2) is 4.79 Å². The van der Waals surface area contributed by atoms with Crippen molar-refractivity contribution in [2.24, 2.45) is 0 Å². The molecule has 0 saturated carbocycles.